The highest BCUT2D eigenvalue weighted by Gasteiger charge is 2.12. The second-order valence-electron chi connectivity index (χ2n) is 3.77. The molecule has 0 aliphatic carbocycles. The van der Waals surface area contributed by atoms with E-state index in [9.17, 15) is 0 Å². The van der Waals surface area contributed by atoms with Crippen LogP contribution in [0, 0.1) is 0 Å². The Labute approximate surface area is 113 Å². The van der Waals surface area contributed by atoms with Gasteiger partial charge >= 0.3 is 0 Å². The van der Waals surface area contributed by atoms with Crippen LogP contribution in [0.5, 0.6) is 0 Å². The van der Waals surface area contributed by atoms with Crippen LogP contribution in [0.1, 0.15) is 25.1 Å². The SMILES string of the molecule is CCC(CN)c1nccc(-c2cc(Br)cs2)n1. The minimum atomic E-state index is 0.248. The quantitative estimate of drug-likeness (QED) is 0.941. The van der Waals surface area contributed by atoms with Gasteiger partial charge in [-0.1, -0.05) is 6.92 Å². The molecular weight excluding hydrogens is 298 g/mol. The van der Waals surface area contributed by atoms with Crippen molar-refractivity contribution in [1.82, 2.24) is 9.97 Å². The number of nitrogens with two attached hydrogens (primary N) is 1. The van der Waals surface area contributed by atoms with E-state index in [0.29, 0.717) is 6.54 Å². The summed E-state index contributed by atoms with van der Waals surface area (Å²) in [6.07, 6.45) is 2.78. The average Bonchev–Trinajstić information content (AvgIpc) is 2.78. The molecule has 2 aromatic rings. The molecule has 0 aliphatic rings. The molecule has 0 saturated carbocycles. The molecule has 0 bridgehead atoms. The van der Waals surface area contributed by atoms with Crippen LogP contribution >= 0.6 is 27.3 Å². The lowest BCUT2D eigenvalue weighted by molar-refractivity contribution is 0.631. The Balaban J connectivity index is 2.34. The van der Waals surface area contributed by atoms with Crippen molar-refractivity contribution in [3.05, 3.63) is 34.0 Å². The summed E-state index contributed by atoms with van der Waals surface area (Å²) in [4.78, 5) is 10.1. The largest absolute Gasteiger partial charge is 0.330 e. The van der Waals surface area contributed by atoms with E-state index in [1.807, 2.05) is 12.3 Å². The van der Waals surface area contributed by atoms with Crippen LogP contribution in [0.25, 0.3) is 10.6 Å². The van der Waals surface area contributed by atoms with Gasteiger partial charge in [0.2, 0.25) is 0 Å². The van der Waals surface area contributed by atoms with Gasteiger partial charge in [0.1, 0.15) is 5.82 Å². The van der Waals surface area contributed by atoms with Crippen molar-refractivity contribution in [2.24, 2.45) is 5.73 Å². The lowest BCUT2D eigenvalue weighted by Crippen LogP contribution is -2.14. The standard InChI is InChI=1S/C12H14BrN3S/c1-2-8(6-14)12-15-4-3-10(16-12)11-5-9(13)7-17-11/h3-5,7-8H,2,6,14H2,1H3. The average molecular weight is 312 g/mol. The second-order valence-corrected chi connectivity index (χ2v) is 5.60. The molecule has 3 nitrogen and oxygen atoms in total. The number of hydrogen-bond acceptors (Lipinski definition) is 4. The van der Waals surface area contributed by atoms with E-state index < -0.39 is 0 Å². The molecule has 1 atom stereocenters. The molecule has 2 rings (SSSR count). The summed E-state index contributed by atoms with van der Waals surface area (Å²) in [5.41, 5.74) is 6.69. The molecule has 0 saturated heterocycles. The van der Waals surface area contributed by atoms with Crippen LogP contribution in [-0.4, -0.2) is 16.5 Å². The van der Waals surface area contributed by atoms with Gasteiger partial charge in [0.05, 0.1) is 10.6 Å². The van der Waals surface area contributed by atoms with E-state index >= 15 is 0 Å². The summed E-state index contributed by atoms with van der Waals surface area (Å²) >= 11 is 5.12. The second kappa shape index (κ2) is 5.71. The Morgan fingerprint density at radius 2 is 2.35 bits per heavy atom. The minimum absolute atomic E-state index is 0.248. The minimum Gasteiger partial charge on any atom is -0.330 e. The molecule has 0 aromatic carbocycles. The summed E-state index contributed by atoms with van der Waals surface area (Å²) < 4.78 is 1.09. The first-order valence-electron chi connectivity index (χ1n) is 5.52. The first-order chi connectivity index (χ1) is 8.24. The van der Waals surface area contributed by atoms with Gasteiger partial charge in [-0.3, -0.25) is 0 Å². The lowest BCUT2D eigenvalue weighted by atomic mass is 10.1. The van der Waals surface area contributed by atoms with Gasteiger partial charge in [-0.25, -0.2) is 9.97 Å². The van der Waals surface area contributed by atoms with E-state index in [-0.39, 0.29) is 5.92 Å². The van der Waals surface area contributed by atoms with Gasteiger partial charge in [-0.15, -0.1) is 11.3 Å². The van der Waals surface area contributed by atoms with Gasteiger partial charge < -0.3 is 5.73 Å². The van der Waals surface area contributed by atoms with Crippen LogP contribution in [0.15, 0.2) is 28.2 Å². The van der Waals surface area contributed by atoms with Crippen molar-refractivity contribution in [2.45, 2.75) is 19.3 Å². The van der Waals surface area contributed by atoms with E-state index in [1.54, 1.807) is 11.3 Å². The van der Waals surface area contributed by atoms with Crippen LogP contribution < -0.4 is 5.73 Å². The Morgan fingerprint density at radius 1 is 1.53 bits per heavy atom. The number of aromatic nitrogens is 2. The van der Waals surface area contributed by atoms with Crippen LogP contribution in [0.2, 0.25) is 0 Å². The Morgan fingerprint density at radius 3 is 2.94 bits per heavy atom. The molecule has 2 aromatic heterocycles. The number of rotatable bonds is 4. The summed E-state index contributed by atoms with van der Waals surface area (Å²) in [6.45, 7) is 2.70. The topological polar surface area (TPSA) is 51.8 Å². The molecule has 0 fully saturated rings. The molecule has 0 aliphatic heterocycles. The molecule has 17 heavy (non-hydrogen) atoms. The maximum absolute atomic E-state index is 5.72. The van der Waals surface area contributed by atoms with Crippen molar-refractivity contribution in [2.75, 3.05) is 6.54 Å². The highest BCUT2D eigenvalue weighted by Crippen LogP contribution is 2.29. The van der Waals surface area contributed by atoms with Crippen LogP contribution in [0.3, 0.4) is 0 Å². The third kappa shape index (κ3) is 2.91. The number of hydrogen-bond donors (Lipinski definition) is 1. The highest BCUT2D eigenvalue weighted by molar-refractivity contribution is 9.10. The molecule has 0 amide bonds. The highest BCUT2D eigenvalue weighted by atomic mass is 79.9. The first kappa shape index (κ1) is 12.7. The van der Waals surface area contributed by atoms with Crippen LogP contribution in [-0.2, 0) is 0 Å². The summed E-state index contributed by atoms with van der Waals surface area (Å²) in [7, 11) is 0. The zero-order valence-corrected chi connectivity index (χ0v) is 12.0. The van der Waals surface area contributed by atoms with Crippen molar-refractivity contribution >= 4 is 27.3 Å². The molecule has 0 spiro atoms. The molecule has 2 N–H and O–H groups in total. The lowest BCUT2D eigenvalue weighted by Gasteiger charge is -2.10. The van der Waals surface area contributed by atoms with E-state index in [0.717, 1.165) is 27.3 Å². The Kier molecular flexibility index (Phi) is 4.25. The van der Waals surface area contributed by atoms with Crippen molar-refractivity contribution in [1.29, 1.82) is 0 Å². The predicted octanol–water partition coefficient (Wildman–Crippen LogP) is 3.42. The zero-order valence-electron chi connectivity index (χ0n) is 9.56. The zero-order chi connectivity index (χ0) is 12.3. The van der Waals surface area contributed by atoms with Gasteiger partial charge in [0.25, 0.3) is 0 Å². The van der Waals surface area contributed by atoms with Gasteiger partial charge in [-0.2, -0.15) is 0 Å². The molecule has 1 unspecified atom stereocenters. The van der Waals surface area contributed by atoms with Gasteiger partial charge in [0, 0.05) is 28.5 Å². The first-order valence-corrected chi connectivity index (χ1v) is 7.19. The smallest absolute Gasteiger partial charge is 0.133 e. The number of thiophene rings is 1. The third-order valence-corrected chi connectivity index (χ3v) is 4.35. The maximum atomic E-state index is 5.72. The Hall–Kier alpha value is -0.780. The van der Waals surface area contributed by atoms with E-state index in [4.69, 9.17) is 5.73 Å². The third-order valence-electron chi connectivity index (χ3n) is 2.64. The van der Waals surface area contributed by atoms with Crippen LogP contribution in [0.4, 0.5) is 0 Å². The monoisotopic (exact) mass is 311 g/mol. The van der Waals surface area contributed by atoms with Gasteiger partial charge in [0.15, 0.2) is 0 Å². The molecule has 2 heterocycles. The summed E-state index contributed by atoms with van der Waals surface area (Å²) in [5, 5.41) is 2.05. The fourth-order valence-electron chi connectivity index (χ4n) is 1.61. The van der Waals surface area contributed by atoms with E-state index in [2.05, 4.69) is 44.3 Å². The number of nitrogens with zero attached hydrogens (tertiary/aromatic N) is 2. The van der Waals surface area contributed by atoms with Crippen molar-refractivity contribution in [3.63, 3.8) is 0 Å². The fourth-order valence-corrected chi connectivity index (χ4v) is 3.01. The fraction of sp³-hybridized carbons (Fsp3) is 0.333. The summed E-state index contributed by atoms with van der Waals surface area (Å²) in [6, 6.07) is 4.01. The molecule has 0 radical (unpaired) electrons. The molecular formula is C12H14BrN3S. The molecule has 90 valence electrons. The number of halogens is 1. The predicted molar refractivity (Wildman–Crippen MR) is 75.1 cm³/mol. The summed E-state index contributed by atoms with van der Waals surface area (Å²) in [5.74, 6) is 1.09. The molecule has 5 heteroatoms. The van der Waals surface area contributed by atoms with Crippen molar-refractivity contribution < 1.29 is 0 Å². The van der Waals surface area contributed by atoms with Crippen molar-refractivity contribution in [3.8, 4) is 10.6 Å². The maximum Gasteiger partial charge on any atom is 0.133 e. The van der Waals surface area contributed by atoms with E-state index in [1.165, 1.54) is 0 Å². The van der Waals surface area contributed by atoms with Gasteiger partial charge in [-0.05, 0) is 34.5 Å². The Bertz CT molecular complexity index is 494. The normalized spacial score (nSPS) is 12.6.